The first-order valence-corrected chi connectivity index (χ1v) is 5.30. The molecule has 0 saturated carbocycles. The minimum absolute atomic E-state index is 0.166. The van der Waals surface area contributed by atoms with Gasteiger partial charge < -0.3 is 14.0 Å². The van der Waals surface area contributed by atoms with Crippen LogP contribution in [0.4, 0.5) is 0 Å². The lowest BCUT2D eigenvalue weighted by Gasteiger charge is -2.07. The molecule has 1 aromatic heterocycles. The zero-order chi connectivity index (χ0) is 13.0. The quantitative estimate of drug-likeness (QED) is 0.765. The Morgan fingerprint density at radius 3 is 2.83 bits per heavy atom. The summed E-state index contributed by atoms with van der Waals surface area (Å²) in [5.74, 6) is 0.929. The average Bonchev–Trinajstić information content (AvgIpc) is 2.83. The number of esters is 1. The molecule has 0 saturated heterocycles. The number of benzene rings is 1. The van der Waals surface area contributed by atoms with Crippen molar-refractivity contribution in [2.24, 2.45) is 0 Å². The maximum atomic E-state index is 11.0. The number of nitrogens with zero attached hydrogens (tertiary/aromatic N) is 2. The Labute approximate surface area is 104 Å². The molecular formula is C12H12N2O4. The van der Waals surface area contributed by atoms with E-state index in [-0.39, 0.29) is 6.61 Å². The van der Waals surface area contributed by atoms with Crippen LogP contribution in [0.5, 0.6) is 5.75 Å². The number of aromatic nitrogens is 2. The van der Waals surface area contributed by atoms with Crippen LogP contribution >= 0.6 is 0 Å². The molecule has 18 heavy (non-hydrogen) atoms. The van der Waals surface area contributed by atoms with E-state index >= 15 is 0 Å². The van der Waals surface area contributed by atoms with Crippen molar-refractivity contribution in [1.29, 1.82) is 0 Å². The highest BCUT2D eigenvalue weighted by Crippen LogP contribution is 2.28. The second kappa shape index (κ2) is 5.31. The molecule has 0 amide bonds. The van der Waals surface area contributed by atoms with Gasteiger partial charge in [0.25, 0.3) is 5.89 Å². The molecule has 1 heterocycles. The third-order valence-corrected chi connectivity index (χ3v) is 2.22. The molecule has 0 spiro atoms. The van der Waals surface area contributed by atoms with Crippen LogP contribution in [0.1, 0.15) is 5.82 Å². The second-order valence-corrected chi connectivity index (χ2v) is 3.51. The van der Waals surface area contributed by atoms with Crippen LogP contribution in [0.15, 0.2) is 28.8 Å². The number of methoxy groups -OCH3 is 1. The monoisotopic (exact) mass is 248 g/mol. The van der Waals surface area contributed by atoms with Gasteiger partial charge in [0.05, 0.1) is 12.7 Å². The molecule has 0 aliphatic rings. The molecule has 0 unspecified atom stereocenters. The predicted molar refractivity (Wildman–Crippen MR) is 62.0 cm³/mol. The number of rotatable bonds is 4. The molecule has 2 rings (SSSR count). The van der Waals surface area contributed by atoms with Crippen molar-refractivity contribution in [2.45, 2.75) is 6.92 Å². The Bertz CT molecular complexity index is 551. The summed E-state index contributed by atoms with van der Waals surface area (Å²) in [5, 5.41) is 3.71. The Morgan fingerprint density at radius 2 is 2.17 bits per heavy atom. The molecule has 0 aliphatic carbocycles. The van der Waals surface area contributed by atoms with Gasteiger partial charge in [0.1, 0.15) is 5.75 Å². The summed E-state index contributed by atoms with van der Waals surface area (Å²) >= 11 is 0. The molecule has 0 atom stereocenters. The number of para-hydroxylation sites is 1. The number of ether oxygens (including phenoxy) is 2. The highest BCUT2D eigenvalue weighted by molar-refractivity contribution is 5.71. The van der Waals surface area contributed by atoms with Crippen LogP contribution in [0, 0.1) is 6.92 Å². The van der Waals surface area contributed by atoms with Gasteiger partial charge in [0, 0.05) is 0 Å². The fourth-order valence-electron chi connectivity index (χ4n) is 1.37. The van der Waals surface area contributed by atoms with Crippen LogP contribution in [0.25, 0.3) is 11.5 Å². The van der Waals surface area contributed by atoms with Gasteiger partial charge in [-0.3, -0.25) is 0 Å². The fraction of sp³-hybridized carbons (Fsp3) is 0.250. The van der Waals surface area contributed by atoms with Gasteiger partial charge in [-0.2, -0.15) is 4.98 Å². The molecule has 0 fully saturated rings. The van der Waals surface area contributed by atoms with Crippen molar-refractivity contribution in [1.82, 2.24) is 10.1 Å². The van der Waals surface area contributed by atoms with Crippen molar-refractivity contribution < 1.29 is 18.8 Å². The number of carbonyl (C=O) groups excluding carboxylic acids is 1. The van der Waals surface area contributed by atoms with Crippen molar-refractivity contribution >= 4 is 5.97 Å². The SMILES string of the molecule is COC(=O)COc1ccccc1-c1nc(C)no1. The van der Waals surface area contributed by atoms with Gasteiger partial charge in [-0.15, -0.1) is 0 Å². The van der Waals surface area contributed by atoms with Crippen LogP contribution in [0.3, 0.4) is 0 Å². The van der Waals surface area contributed by atoms with E-state index in [0.717, 1.165) is 0 Å². The second-order valence-electron chi connectivity index (χ2n) is 3.51. The topological polar surface area (TPSA) is 74.5 Å². The first kappa shape index (κ1) is 12.1. The highest BCUT2D eigenvalue weighted by Gasteiger charge is 2.13. The normalized spacial score (nSPS) is 10.1. The van der Waals surface area contributed by atoms with E-state index in [1.807, 2.05) is 6.07 Å². The Balaban J connectivity index is 2.23. The van der Waals surface area contributed by atoms with E-state index in [9.17, 15) is 4.79 Å². The van der Waals surface area contributed by atoms with Gasteiger partial charge in [0.15, 0.2) is 12.4 Å². The fourth-order valence-corrected chi connectivity index (χ4v) is 1.37. The first-order valence-electron chi connectivity index (χ1n) is 5.30. The lowest BCUT2D eigenvalue weighted by Crippen LogP contribution is -2.12. The minimum atomic E-state index is -0.452. The summed E-state index contributed by atoms with van der Waals surface area (Å²) in [7, 11) is 1.30. The number of carbonyl (C=O) groups is 1. The summed E-state index contributed by atoms with van der Waals surface area (Å²) < 4.78 is 14.9. The molecule has 0 bridgehead atoms. The smallest absolute Gasteiger partial charge is 0.343 e. The van der Waals surface area contributed by atoms with E-state index in [0.29, 0.717) is 23.0 Å². The van der Waals surface area contributed by atoms with Gasteiger partial charge in [-0.1, -0.05) is 17.3 Å². The maximum Gasteiger partial charge on any atom is 0.343 e. The Kier molecular flexibility index (Phi) is 3.57. The van der Waals surface area contributed by atoms with Crippen molar-refractivity contribution in [3.05, 3.63) is 30.1 Å². The van der Waals surface area contributed by atoms with E-state index in [2.05, 4.69) is 14.9 Å². The molecule has 0 radical (unpaired) electrons. The summed E-state index contributed by atoms with van der Waals surface area (Å²) in [6.45, 7) is 1.56. The van der Waals surface area contributed by atoms with Gasteiger partial charge in [0.2, 0.25) is 0 Å². The highest BCUT2D eigenvalue weighted by atomic mass is 16.6. The average molecular weight is 248 g/mol. The Morgan fingerprint density at radius 1 is 1.39 bits per heavy atom. The van der Waals surface area contributed by atoms with Crippen LogP contribution in [-0.4, -0.2) is 29.8 Å². The lowest BCUT2D eigenvalue weighted by molar-refractivity contribution is -0.142. The van der Waals surface area contributed by atoms with Crippen LogP contribution in [-0.2, 0) is 9.53 Å². The molecule has 2 aromatic rings. The van der Waals surface area contributed by atoms with Crippen LogP contribution in [0.2, 0.25) is 0 Å². The largest absolute Gasteiger partial charge is 0.481 e. The third-order valence-electron chi connectivity index (χ3n) is 2.22. The van der Waals surface area contributed by atoms with E-state index in [1.54, 1.807) is 25.1 Å². The third kappa shape index (κ3) is 2.65. The molecule has 0 N–H and O–H groups in total. The lowest BCUT2D eigenvalue weighted by atomic mass is 10.2. The van der Waals surface area contributed by atoms with Gasteiger partial charge in [-0.25, -0.2) is 4.79 Å². The number of hydrogen-bond acceptors (Lipinski definition) is 6. The molecule has 1 aromatic carbocycles. The summed E-state index contributed by atoms with van der Waals surface area (Å²) in [6, 6.07) is 7.11. The van der Waals surface area contributed by atoms with Crippen molar-refractivity contribution in [2.75, 3.05) is 13.7 Å². The molecule has 6 nitrogen and oxygen atoms in total. The zero-order valence-electron chi connectivity index (χ0n) is 10.0. The standard InChI is InChI=1S/C12H12N2O4/c1-8-13-12(18-14-8)9-5-3-4-6-10(9)17-7-11(15)16-2/h3-6H,7H2,1-2H3. The van der Waals surface area contributed by atoms with Crippen molar-refractivity contribution in [3.63, 3.8) is 0 Å². The Hall–Kier alpha value is -2.37. The summed E-state index contributed by atoms with van der Waals surface area (Å²) in [4.78, 5) is 15.2. The molecule has 94 valence electrons. The van der Waals surface area contributed by atoms with Gasteiger partial charge in [-0.05, 0) is 19.1 Å². The molecular weight excluding hydrogens is 236 g/mol. The van der Waals surface area contributed by atoms with Crippen molar-refractivity contribution in [3.8, 4) is 17.2 Å². The molecule has 6 heteroatoms. The number of hydrogen-bond donors (Lipinski definition) is 0. The van der Waals surface area contributed by atoms with E-state index in [1.165, 1.54) is 7.11 Å². The predicted octanol–water partition coefficient (Wildman–Crippen LogP) is 1.60. The van der Waals surface area contributed by atoms with E-state index in [4.69, 9.17) is 9.26 Å². The maximum absolute atomic E-state index is 11.0. The first-order chi connectivity index (χ1) is 8.70. The minimum Gasteiger partial charge on any atom is -0.481 e. The van der Waals surface area contributed by atoms with Crippen LogP contribution < -0.4 is 4.74 Å². The summed E-state index contributed by atoms with van der Waals surface area (Å²) in [6.07, 6.45) is 0. The number of aryl methyl sites for hydroxylation is 1. The summed E-state index contributed by atoms with van der Waals surface area (Å²) in [5.41, 5.74) is 0.641. The van der Waals surface area contributed by atoms with Gasteiger partial charge >= 0.3 is 5.97 Å². The van der Waals surface area contributed by atoms with E-state index < -0.39 is 5.97 Å². The zero-order valence-corrected chi connectivity index (χ0v) is 10.0. The molecule has 0 aliphatic heterocycles.